The summed E-state index contributed by atoms with van der Waals surface area (Å²) in [6.45, 7) is 1.93. The highest BCUT2D eigenvalue weighted by Gasteiger charge is 2.24. The Morgan fingerprint density at radius 3 is 2.67 bits per heavy atom. The zero-order chi connectivity index (χ0) is 22.9. The Morgan fingerprint density at radius 2 is 1.91 bits per heavy atom. The molecule has 0 saturated heterocycles. The second-order valence-corrected chi connectivity index (χ2v) is 8.48. The lowest BCUT2D eigenvalue weighted by molar-refractivity contribution is 0.0949. The first kappa shape index (κ1) is 21.1. The highest BCUT2D eigenvalue weighted by Crippen LogP contribution is 2.36. The SMILES string of the molecule is Cc1c(F)cccc1C(=O)NCc1ccc(-c2nn(C3CCCC3)c3ncnc(N)c23)cc1. The van der Waals surface area contributed by atoms with Gasteiger partial charge in [-0.2, -0.15) is 5.10 Å². The maximum absolute atomic E-state index is 13.7. The van der Waals surface area contributed by atoms with Gasteiger partial charge in [0.25, 0.3) is 5.91 Å². The number of benzene rings is 2. The molecule has 1 amide bonds. The van der Waals surface area contributed by atoms with E-state index in [1.54, 1.807) is 13.0 Å². The Balaban J connectivity index is 1.39. The van der Waals surface area contributed by atoms with Crippen LogP contribution in [0, 0.1) is 12.7 Å². The molecule has 2 aromatic carbocycles. The molecular formula is C25H25FN6O. The van der Waals surface area contributed by atoms with Crippen LogP contribution in [0.3, 0.4) is 0 Å². The summed E-state index contributed by atoms with van der Waals surface area (Å²) in [6.07, 6.45) is 6.04. The monoisotopic (exact) mass is 444 g/mol. The van der Waals surface area contributed by atoms with Crippen molar-refractivity contribution in [3.63, 3.8) is 0 Å². The van der Waals surface area contributed by atoms with Crippen molar-refractivity contribution < 1.29 is 9.18 Å². The fraction of sp³-hybridized carbons (Fsp3) is 0.280. The van der Waals surface area contributed by atoms with Crippen molar-refractivity contribution in [3.05, 3.63) is 71.3 Å². The Kier molecular flexibility index (Phi) is 5.50. The van der Waals surface area contributed by atoms with Gasteiger partial charge in [-0.05, 0) is 43.0 Å². The van der Waals surface area contributed by atoms with Crippen molar-refractivity contribution in [1.82, 2.24) is 25.1 Å². The molecule has 0 spiro atoms. The molecule has 0 bridgehead atoms. The van der Waals surface area contributed by atoms with Crippen LogP contribution >= 0.6 is 0 Å². The second-order valence-electron chi connectivity index (χ2n) is 8.48. The Morgan fingerprint density at radius 1 is 1.15 bits per heavy atom. The van der Waals surface area contributed by atoms with Crippen LogP contribution in [0.1, 0.15) is 53.2 Å². The molecule has 1 fully saturated rings. The van der Waals surface area contributed by atoms with Crippen molar-refractivity contribution in [2.45, 2.75) is 45.2 Å². The van der Waals surface area contributed by atoms with E-state index in [-0.39, 0.29) is 11.7 Å². The van der Waals surface area contributed by atoms with Crippen LogP contribution in [-0.2, 0) is 6.54 Å². The van der Waals surface area contributed by atoms with Gasteiger partial charge in [0.1, 0.15) is 23.7 Å². The molecule has 4 aromatic rings. The van der Waals surface area contributed by atoms with E-state index in [2.05, 4.69) is 15.3 Å². The van der Waals surface area contributed by atoms with Crippen LogP contribution in [0.4, 0.5) is 10.2 Å². The molecule has 1 aliphatic rings. The Hall–Kier alpha value is -3.81. The third-order valence-corrected chi connectivity index (χ3v) is 6.38. The first-order valence-corrected chi connectivity index (χ1v) is 11.1. The fourth-order valence-electron chi connectivity index (χ4n) is 4.51. The van der Waals surface area contributed by atoms with Gasteiger partial charge < -0.3 is 11.1 Å². The molecule has 33 heavy (non-hydrogen) atoms. The minimum atomic E-state index is -0.389. The van der Waals surface area contributed by atoms with Gasteiger partial charge in [-0.1, -0.05) is 43.2 Å². The molecule has 8 heteroatoms. The summed E-state index contributed by atoms with van der Waals surface area (Å²) in [4.78, 5) is 21.1. The van der Waals surface area contributed by atoms with Crippen molar-refractivity contribution in [2.24, 2.45) is 0 Å². The number of nitrogens with two attached hydrogens (primary N) is 1. The number of hydrogen-bond acceptors (Lipinski definition) is 5. The van der Waals surface area contributed by atoms with Crippen molar-refractivity contribution in [1.29, 1.82) is 0 Å². The molecule has 3 N–H and O–H groups in total. The standard InChI is InChI=1S/C25H25FN6O/c1-15-19(7-4-8-20(15)26)25(33)28-13-16-9-11-17(12-10-16)22-21-23(27)29-14-30-24(21)32(31-22)18-5-2-3-6-18/h4,7-12,14,18H,2-3,5-6,13H2,1H3,(H,28,33)(H2,27,29,30). The average molecular weight is 445 g/mol. The van der Waals surface area contributed by atoms with Gasteiger partial charge in [0.05, 0.1) is 11.4 Å². The zero-order valence-electron chi connectivity index (χ0n) is 18.4. The van der Waals surface area contributed by atoms with Crippen LogP contribution in [0.5, 0.6) is 0 Å². The van der Waals surface area contributed by atoms with Crippen LogP contribution in [0.15, 0.2) is 48.8 Å². The number of amides is 1. The number of carbonyl (C=O) groups is 1. The van der Waals surface area contributed by atoms with E-state index >= 15 is 0 Å². The molecule has 0 aliphatic heterocycles. The number of halogens is 1. The summed E-state index contributed by atoms with van der Waals surface area (Å²) >= 11 is 0. The highest BCUT2D eigenvalue weighted by atomic mass is 19.1. The van der Waals surface area contributed by atoms with E-state index in [0.717, 1.165) is 40.7 Å². The van der Waals surface area contributed by atoms with E-state index in [0.29, 0.717) is 29.5 Å². The van der Waals surface area contributed by atoms with E-state index in [1.807, 2.05) is 28.9 Å². The Bertz CT molecular complexity index is 1320. The van der Waals surface area contributed by atoms with Crippen LogP contribution < -0.4 is 11.1 Å². The highest BCUT2D eigenvalue weighted by molar-refractivity contribution is 5.98. The third kappa shape index (κ3) is 3.92. The van der Waals surface area contributed by atoms with Gasteiger partial charge in [0, 0.05) is 17.7 Å². The number of fused-ring (bicyclic) bond motifs is 1. The van der Waals surface area contributed by atoms with E-state index in [1.165, 1.54) is 31.3 Å². The summed E-state index contributed by atoms with van der Waals surface area (Å²) in [5.74, 6) is -0.275. The minimum absolute atomic E-state index is 0.303. The molecule has 1 aliphatic carbocycles. The molecular weight excluding hydrogens is 419 g/mol. The summed E-state index contributed by atoms with van der Waals surface area (Å²) in [7, 11) is 0. The maximum atomic E-state index is 13.7. The number of nitrogen functional groups attached to an aromatic ring is 1. The number of carbonyl (C=O) groups excluding carboxylic acids is 1. The van der Waals surface area contributed by atoms with Gasteiger partial charge in [-0.15, -0.1) is 0 Å². The van der Waals surface area contributed by atoms with Gasteiger partial charge in [-0.25, -0.2) is 19.0 Å². The summed E-state index contributed by atoms with van der Waals surface area (Å²) < 4.78 is 15.7. The second kappa shape index (κ2) is 8.61. The molecule has 1 saturated carbocycles. The number of aromatic nitrogens is 4. The van der Waals surface area contributed by atoms with Crippen LogP contribution in [-0.4, -0.2) is 25.7 Å². The van der Waals surface area contributed by atoms with Gasteiger partial charge in [0.15, 0.2) is 5.65 Å². The minimum Gasteiger partial charge on any atom is -0.383 e. The fourth-order valence-corrected chi connectivity index (χ4v) is 4.51. The predicted molar refractivity (Wildman–Crippen MR) is 125 cm³/mol. The first-order valence-electron chi connectivity index (χ1n) is 11.1. The van der Waals surface area contributed by atoms with Crippen LogP contribution in [0.2, 0.25) is 0 Å². The molecule has 5 rings (SSSR count). The molecule has 7 nitrogen and oxygen atoms in total. The quantitative estimate of drug-likeness (QED) is 0.470. The van der Waals surface area contributed by atoms with Crippen molar-refractivity contribution in [3.8, 4) is 11.3 Å². The summed E-state index contributed by atoms with van der Waals surface area (Å²) in [5, 5.41) is 8.52. The van der Waals surface area contributed by atoms with Gasteiger partial charge in [0.2, 0.25) is 0 Å². The third-order valence-electron chi connectivity index (χ3n) is 6.38. The largest absolute Gasteiger partial charge is 0.383 e. The zero-order valence-corrected chi connectivity index (χ0v) is 18.4. The lowest BCUT2D eigenvalue weighted by Crippen LogP contribution is -2.23. The predicted octanol–water partition coefficient (Wildman–Crippen LogP) is 4.57. The van der Waals surface area contributed by atoms with Crippen LogP contribution in [0.25, 0.3) is 22.3 Å². The number of nitrogens with one attached hydrogen (secondary N) is 1. The summed E-state index contributed by atoms with van der Waals surface area (Å²) in [6, 6.07) is 12.6. The number of rotatable bonds is 5. The lowest BCUT2D eigenvalue weighted by atomic mass is 10.1. The molecule has 0 atom stereocenters. The average Bonchev–Trinajstić information content (AvgIpc) is 3.48. The number of nitrogens with zero attached hydrogens (tertiary/aromatic N) is 4. The van der Waals surface area contributed by atoms with Crippen molar-refractivity contribution >= 4 is 22.8 Å². The summed E-state index contributed by atoms with van der Waals surface area (Å²) in [5.41, 5.74) is 10.3. The molecule has 168 valence electrons. The molecule has 0 radical (unpaired) electrons. The van der Waals surface area contributed by atoms with Crippen molar-refractivity contribution in [2.75, 3.05) is 5.73 Å². The van der Waals surface area contributed by atoms with Gasteiger partial charge >= 0.3 is 0 Å². The van der Waals surface area contributed by atoms with E-state index in [9.17, 15) is 9.18 Å². The topological polar surface area (TPSA) is 98.7 Å². The lowest BCUT2D eigenvalue weighted by Gasteiger charge is -2.10. The first-order chi connectivity index (χ1) is 16.0. The molecule has 2 aromatic heterocycles. The number of hydrogen-bond donors (Lipinski definition) is 2. The number of anilines is 1. The molecule has 0 unspecified atom stereocenters. The molecule has 2 heterocycles. The maximum Gasteiger partial charge on any atom is 0.251 e. The Labute approximate surface area is 190 Å². The normalized spacial score (nSPS) is 14.1. The van der Waals surface area contributed by atoms with E-state index in [4.69, 9.17) is 10.8 Å². The smallest absolute Gasteiger partial charge is 0.251 e. The van der Waals surface area contributed by atoms with Gasteiger partial charge in [-0.3, -0.25) is 4.79 Å². The van der Waals surface area contributed by atoms with E-state index < -0.39 is 0 Å².